The second-order valence-corrected chi connectivity index (χ2v) is 5.28. The molecule has 5 nitrogen and oxygen atoms in total. The van der Waals surface area contributed by atoms with Crippen molar-refractivity contribution in [1.82, 2.24) is 5.32 Å². The molecular formula is C12H14Br2N2O3. The smallest absolute Gasteiger partial charge is 0.325 e. The zero-order valence-corrected chi connectivity index (χ0v) is 13.5. The number of halogens is 2. The number of nitrogens with one attached hydrogen (secondary N) is 2. The number of anilines is 1. The Hall–Kier alpha value is -1.08. The van der Waals surface area contributed by atoms with Crippen molar-refractivity contribution < 1.29 is 14.3 Å². The molecule has 0 aliphatic carbocycles. The molecule has 0 fully saturated rings. The molecule has 7 heteroatoms. The van der Waals surface area contributed by atoms with Crippen LogP contribution in [-0.4, -0.2) is 28.7 Å². The van der Waals surface area contributed by atoms with Gasteiger partial charge in [0.25, 0.3) is 0 Å². The van der Waals surface area contributed by atoms with E-state index in [2.05, 4.69) is 42.5 Å². The molecule has 1 aromatic rings. The number of amides is 3. The van der Waals surface area contributed by atoms with Crippen molar-refractivity contribution in [3.8, 4) is 5.75 Å². The predicted octanol–water partition coefficient (Wildman–Crippen LogP) is 2.89. The van der Waals surface area contributed by atoms with Gasteiger partial charge in [-0.25, -0.2) is 4.79 Å². The number of carbonyl (C=O) groups excluding carboxylic acids is 2. The van der Waals surface area contributed by atoms with Gasteiger partial charge in [-0.1, -0.05) is 31.9 Å². The lowest BCUT2D eigenvalue weighted by Crippen LogP contribution is -2.39. The summed E-state index contributed by atoms with van der Waals surface area (Å²) in [4.78, 5) is 22.5. The maximum atomic E-state index is 11.5. The SMILES string of the molecule is CCOc1ccc(NC(=O)NC(=O)C(Br)CBr)cc1. The van der Waals surface area contributed by atoms with Crippen molar-refractivity contribution in [2.24, 2.45) is 0 Å². The fraction of sp³-hybridized carbons (Fsp3) is 0.333. The van der Waals surface area contributed by atoms with Crippen LogP contribution in [0.4, 0.5) is 10.5 Å². The van der Waals surface area contributed by atoms with Crippen LogP contribution in [0.2, 0.25) is 0 Å². The second kappa shape index (κ2) is 8.16. The Labute approximate surface area is 128 Å². The molecule has 0 bridgehead atoms. The van der Waals surface area contributed by atoms with Crippen LogP contribution in [0.3, 0.4) is 0 Å². The molecule has 0 aliphatic rings. The zero-order valence-electron chi connectivity index (χ0n) is 10.3. The van der Waals surface area contributed by atoms with E-state index in [9.17, 15) is 9.59 Å². The normalized spacial score (nSPS) is 11.5. The van der Waals surface area contributed by atoms with E-state index >= 15 is 0 Å². The maximum Gasteiger partial charge on any atom is 0.325 e. The first-order valence-corrected chi connectivity index (χ1v) is 7.65. The first-order valence-electron chi connectivity index (χ1n) is 5.61. The molecule has 19 heavy (non-hydrogen) atoms. The molecule has 3 amide bonds. The number of alkyl halides is 2. The fourth-order valence-corrected chi connectivity index (χ4v) is 1.63. The number of urea groups is 1. The highest BCUT2D eigenvalue weighted by molar-refractivity contribution is 9.12. The molecule has 1 unspecified atom stereocenters. The van der Waals surface area contributed by atoms with Gasteiger partial charge in [-0.2, -0.15) is 0 Å². The van der Waals surface area contributed by atoms with Gasteiger partial charge in [0.05, 0.1) is 6.61 Å². The van der Waals surface area contributed by atoms with Gasteiger partial charge in [0.1, 0.15) is 10.6 Å². The van der Waals surface area contributed by atoms with E-state index in [1.807, 2.05) is 6.92 Å². The molecular weight excluding hydrogens is 380 g/mol. The maximum absolute atomic E-state index is 11.5. The number of rotatable bonds is 5. The first kappa shape index (κ1) is 16.0. The quantitative estimate of drug-likeness (QED) is 0.755. The second-order valence-electron chi connectivity index (χ2n) is 3.52. The van der Waals surface area contributed by atoms with Crippen LogP contribution in [-0.2, 0) is 4.79 Å². The number of hydrogen-bond acceptors (Lipinski definition) is 3. The van der Waals surface area contributed by atoms with E-state index in [-0.39, 0.29) is 0 Å². The summed E-state index contributed by atoms with van der Waals surface area (Å²) in [6.45, 7) is 2.48. The minimum absolute atomic E-state index is 0.402. The molecule has 1 atom stereocenters. The van der Waals surface area contributed by atoms with E-state index in [0.717, 1.165) is 5.75 Å². The molecule has 0 radical (unpaired) electrons. The monoisotopic (exact) mass is 392 g/mol. The number of benzene rings is 1. The van der Waals surface area contributed by atoms with Gasteiger partial charge in [-0.3, -0.25) is 10.1 Å². The largest absolute Gasteiger partial charge is 0.494 e. The Balaban J connectivity index is 2.50. The summed E-state index contributed by atoms with van der Waals surface area (Å²) in [6.07, 6.45) is 0. The van der Waals surface area contributed by atoms with Gasteiger partial charge in [0, 0.05) is 11.0 Å². The third-order valence-electron chi connectivity index (χ3n) is 2.08. The van der Waals surface area contributed by atoms with E-state index in [1.54, 1.807) is 24.3 Å². The Kier molecular flexibility index (Phi) is 6.86. The Bertz CT molecular complexity index is 437. The van der Waals surface area contributed by atoms with Crippen LogP contribution < -0.4 is 15.4 Å². The van der Waals surface area contributed by atoms with Crippen LogP contribution in [0.25, 0.3) is 0 Å². The van der Waals surface area contributed by atoms with Crippen molar-refractivity contribution in [2.45, 2.75) is 11.8 Å². The molecule has 0 heterocycles. The number of ether oxygens (including phenoxy) is 1. The molecule has 0 aromatic heterocycles. The number of carbonyl (C=O) groups is 2. The Morgan fingerprint density at radius 2 is 1.95 bits per heavy atom. The predicted molar refractivity (Wildman–Crippen MR) is 81.3 cm³/mol. The van der Waals surface area contributed by atoms with Gasteiger partial charge in [-0.05, 0) is 31.2 Å². The summed E-state index contributed by atoms with van der Waals surface area (Å²) in [6, 6.07) is 6.31. The Morgan fingerprint density at radius 3 is 2.47 bits per heavy atom. The summed E-state index contributed by atoms with van der Waals surface area (Å²) in [5.41, 5.74) is 0.582. The number of imide groups is 1. The molecule has 1 rings (SSSR count). The first-order chi connectivity index (χ1) is 9.06. The van der Waals surface area contributed by atoms with E-state index in [1.165, 1.54) is 0 Å². The summed E-state index contributed by atoms with van der Waals surface area (Å²) < 4.78 is 5.28. The van der Waals surface area contributed by atoms with Gasteiger partial charge < -0.3 is 10.1 Å². The van der Waals surface area contributed by atoms with E-state index in [0.29, 0.717) is 17.6 Å². The highest BCUT2D eigenvalue weighted by Gasteiger charge is 2.15. The Morgan fingerprint density at radius 1 is 1.32 bits per heavy atom. The highest BCUT2D eigenvalue weighted by atomic mass is 79.9. The molecule has 0 spiro atoms. The van der Waals surface area contributed by atoms with Crippen molar-refractivity contribution in [3.05, 3.63) is 24.3 Å². The summed E-state index contributed by atoms with van der Waals surface area (Å²) in [5, 5.41) is 5.21. The van der Waals surface area contributed by atoms with Crippen molar-refractivity contribution >= 4 is 49.5 Å². The standard InChI is InChI=1S/C12H14Br2N2O3/c1-2-19-9-5-3-8(4-6-9)15-12(18)16-11(17)10(14)7-13/h3-6,10H,2,7H2,1H3,(H2,15,16,17,18). The lowest BCUT2D eigenvalue weighted by atomic mass is 10.3. The van der Waals surface area contributed by atoms with Crippen molar-refractivity contribution in [3.63, 3.8) is 0 Å². The lowest BCUT2D eigenvalue weighted by Gasteiger charge is -2.09. The van der Waals surface area contributed by atoms with Gasteiger partial charge in [-0.15, -0.1) is 0 Å². The van der Waals surface area contributed by atoms with Crippen LogP contribution in [0.1, 0.15) is 6.92 Å². The average molecular weight is 394 g/mol. The third-order valence-corrected chi connectivity index (χ3v) is 4.34. The van der Waals surface area contributed by atoms with Crippen LogP contribution in [0.5, 0.6) is 5.75 Å². The zero-order chi connectivity index (χ0) is 14.3. The van der Waals surface area contributed by atoms with Crippen LogP contribution >= 0.6 is 31.9 Å². The minimum atomic E-state index is -0.570. The average Bonchev–Trinajstić information content (AvgIpc) is 2.40. The number of hydrogen-bond donors (Lipinski definition) is 2. The fourth-order valence-electron chi connectivity index (χ4n) is 1.22. The van der Waals surface area contributed by atoms with Gasteiger partial charge >= 0.3 is 6.03 Å². The van der Waals surface area contributed by atoms with Crippen molar-refractivity contribution in [2.75, 3.05) is 17.3 Å². The lowest BCUT2D eigenvalue weighted by molar-refractivity contribution is -0.118. The van der Waals surface area contributed by atoms with Crippen LogP contribution in [0.15, 0.2) is 24.3 Å². The van der Waals surface area contributed by atoms with Crippen molar-refractivity contribution in [1.29, 1.82) is 0 Å². The van der Waals surface area contributed by atoms with Gasteiger partial charge in [0.15, 0.2) is 0 Å². The summed E-state index contributed by atoms with van der Waals surface area (Å²) in [5.74, 6) is 0.324. The molecule has 2 N–H and O–H groups in total. The topological polar surface area (TPSA) is 67.4 Å². The summed E-state index contributed by atoms with van der Waals surface area (Å²) >= 11 is 6.27. The molecule has 0 saturated heterocycles. The molecule has 0 aliphatic heterocycles. The van der Waals surface area contributed by atoms with Crippen LogP contribution in [0, 0.1) is 0 Å². The minimum Gasteiger partial charge on any atom is -0.494 e. The molecule has 1 aromatic carbocycles. The molecule has 0 saturated carbocycles. The molecule has 104 valence electrons. The third kappa shape index (κ3) is 5.61. The van der Waals surface area contributed by atoms with E-state index in [4.69, 9.17) is 4.74 Å². The highest BCUT2D eigenvalue weighted by Crippen LogP contribution is 2.15. The van der Waals surface area contributed by atoms with E-state index < -0.39 is 16.8 Å². The van der Waals surface area contributed by atoms with Gasteiger partial charge in [0.2, 0.25) is 5.91 Å². The summed E-state index contributed by atoms with van der Waals surface area (Å²) in [7, 11) is 0.